The van der Waals surface area contributed by atoms with Crippen molar-refractivity contribution in [3.05, 3.63) is 58.0 Å². The first kappa shape index (κ1) is 23.5. The Kier molecular flexibility index (Phi) is 8.80. The van der Waals surface area contributed by atoms with Gasteiger partial charge in [-0.25, -0.2) is 0 Å². The maximum atomic E-state index is 13.0. The van der Waals surface area contributed by atoms with Crippen molar-refractivity contribution in [3.63, 3.8) is 0 Å². The molecular weight excluding hydrogens is 406 g/mol. The van der Waals surface area contributed by atoms with Crippen LogP contribution in [-0.4, -0.2) is 28.8 Å². The summed E-state index contributed by atoms with van der Waals surface area (Å²) in [6.07, 6.45) is 4.04. The second kappa shape index (κ2) is 10.9. The minimum absolute atomic E-state index is 0. The average molecular weight is 436 g/mol. The molecule has 1 aromatic heterocycles. The van der Waals surface area contributed by atoms with Gasteiger partial charge in [-0.3, -0.25) is 9.59 Å². The van der Waals surface area contributed by atoms with E-state index in [1.165, 1.54) is 0 Å². The molecule has 1 amide bonds. The van der Waals surface area contributed by atoms with E-state index in [-0.39, 0.29) is 29.4 Å². The molecule has 7 heteroatoms. The largest absolute Gasteiger partial charge is 0.321 e. The van der Waals surface area contributed by atoms with Crippen molar-refractivity contribution in [2.24, 2.45) is 5.92 Å². The Morgan fingerprint density at radius 3 is 2.76 bits per heavy atom. The van der Waals surface area contributed by atoms with Crippen LogP contribution < -0.4 is 16.2 Å². The van der Waals surface area contributed by atoms with E-state index in [4.69, 9.17) is 0 Å². The zero-order chi connectivity index (χ0) is 20.1. The van der Waals surface area contributed by atoms with E-state index in [1.54, 1.807) is 16.3 Å². The molecule has 0 radical (unpaired) electrons. The van der Waals surface area contributed by atoms with Gasteiger partial charge in [0.1, 0.15) is 5.56 Å². The molecule has 1 aliphatic rings. The topological polar surface area (TPSA) is 63.1 Å². The Labute approximate surface area is 183 Å². The highest BCUT2D eigenvalue weighted by Gasteiger charge is 2.20. The van der Waals surface area contributed by atoms with Gasteiger partial charge in [-0.15, -0.1) is 24.2 Å². The molecule has 3 rings (SSSR count). The number of nitrogens with one attached hydrogen (secondary N) is 2. The first-order valence-electron chi connectivity index (χ1n) is 9.93. The van der Waals surface area contributed by atoms with E-state index in [9.17, 15) is 9.59 Å². The van der Waals surface area contributed by atoms with Crippen LogP contribution in [0.15, 0.2) is 46.2 Å². The number of anilines is 1. The number of carbonyl (C=O) groups excluding carboxylic acids is 1. The highest BCUT2D eigenvalue weighted by Crippen LogP contribution is 2.30. The quantitative estimate of drug-likeness (QED) is 0.663. The molecule has 1 fully saturated rings. The fourth-order valence-electron chi connectivity index (χ4n) is 3.55. The molecule has 2 N–H and O–H groups in total. The Bertz CT molecular complexity index is 892. The van der Waals surface area contributed by atoms with Gasteiger partial charge in [-0.05, 0) is 62.5 Å². The van der Waals surface area contributed by atoms with E-state index in [2.05, 4.69) is 24.5 Å². The normalized spacial score (nSPS) is 16.3. The number of hydrogen-bond acceptors (Lipinski definition) is 4. The van der Waals surface area contributed by atoms with Crippen LogP contribution >= 0.6 is 24.2 Å². The van der Waals surface area contributed by atoms with Crippen LogP contribution in [0.5, 0.6) is 0 Å². The van der Waals surface area contributed by atoms with E-state index >= 15 is 0 Å². The lowest BCUT2D eigenvalue weighted by molar-refractivity contribution is 0.102. The third-order valence-electron chi connectivity index (χ3n) is 4.95. The number of rotatable bonds is 6. The Morgan fingerprint density at radius 1 is 1.31 bits per heavy atom. The molecule has 1 atom stereocenters. The first-order chi connectivity index (χ1) is 13.5. The summed E-state index contributed by atoms with van der Waals surface area (Å²) in [5.41, 5.74) is 1.47. The molecule has 0 spiro atoms. The number of para-hydroxylation sites is 1. The lowest BCUT2D eigenvalue weighted by Crippen LogP contribution is -2.36. The Hall–Kier alpha value is -1.76. The van der Waals surface area contributed by atoms with Crippen molar-refractivity contribution < 1.29 is 4.79 Å². The number of pyridine rings is 1. The van der Waals surface area contributed by atoms with Crippen LogP contribution in [0.1, 0.15) is 42.6 Å². The summed E-state index contributed by atoms with van der Waals surface area (Å²) in [6.45, 7) is 8.65. The summed E-state index contributed by atoms with van der Waals surface area (Å²) in [5, 5.41) is 6.74. The number of hydrogen-bond donors (Lipinski definition) is 2. The van der Waals surface area contributed by atoms with Crippen molar-refractivity contribution in [2.75, 3.05) is 18.4 Å². The predicted octanol–water partition coefficient (Wildman–Crippen LogP) is 4.33. The SMILES string of the molecule is Cc1ccn(CC2CCCNC2)c(=O)c1C(=O)Nc1ccccc1SC(C)C.Cl. The fourth-order valence-corrected chi connectivity index (χ4v) is 4.47. The summed E-state index contributed by atoms with van der Waals surface area (Å²) in [4.78, 5) is 27.0. The monoisotopic (exact) mass is 435 g/mol. The van der Waals surface area contributed by atoms with Crippen molar-refractivity contribution >= 4 is 35.8 Å². The van der Waals surface area contributed by atoms with Crippen LogP contribution in [0.3, 0.4) is 0 Å². The summed E-state index contributed by atoms with van der Waals surface area (Å²) in [7, 11) is 0. The van der Waals surface area contributed by atoms with Gasteiger partial charge in [-0.1, -0.05) is 26.0 Å². The number of aryl methyl sites for hydroxylation is 1. The van der Waals surface area contributed by atoms with Crippen LogP contribution in [0.4, 0.5) is 5.69 Å². The second-order valence-electron chi connectivity index (χ2n) is 7.66. The summed E-state index contributed by atoms with van der Waals surface area (Å²) >= 11 is 1.69. The van der Waals surface area contributed by atoms with Gasteiger partial charge in [0.2, 0.25) is 0 Å². The number of nitrogens with zero attached hydrogens (tertiary/aromatic N) is 1. The fraction of sp³-hybridized carbons (Fsp3) is 0.455. The highest BCUT2D eigenvalue weighted by molar-refractivity contribution is 8.00. The lowest BCUT2D eigenvalue weighted by Gasteiger charge is -2.23. The zero-order valence-corrected chi connectivity index (χ0v) is 18.9. The standard InChI is InChI=1S/C22H29N3O2S.ClH/c1-15(2)28-19-9-5-4-8-18(19)24-21(26)20-16(3)10-12-25(22(20)27)14-17-7-6-11-23-13-17;/h4-5,8-10,12,15,17,23H,6-7,11,13-14H2,1-3H3,(H,24,26);1H. The number of aromatic nitrogens is 1. The molecular formula is C22H30ClN3O2S. The molecule has 1 unspecified atom stereocenters. The van der Waals surface area contributed by atoms with Gasteiger partial charge in [0.15, 0.2) is 0 Å². The molecule has 0 saturated carbocycles. The summed E-state index contributed by atoms with van der Waals surface area (Å²) < 4.78 is 1.69. The van der Waals surface area contributed by atoms with Crippen LogP contribution in [0.25, 0.3) is 0 Å². The van der Waals surface area contributed by atoms with Gasteiger partial charge in [-0.2, -0.15) is 0 Å². The van der Waals surface area contributed by atoms with Crippen molar-refractivity contribution in [1.82, 2.24) is 9.88 Å². The minimum atomic E-state index is -0.338. The Morgan fingerprint density at radius 2 is 2.07 bits per heavy atom. The molecule has 5 nitrogen and oxygen atoms in total. The third-order valence-corrected chi connectivity index (χ3v) is 6.03. The average Bonchev–Trinajstić information content (AvgIpc) is 2.66. The van der Waals surface area contributed by atoms with Gasteiger partial charge in [0, 0.05) is 22.9 Å². The van der Waals surface area contributed by atoms with Gasteiger partial charge < -0.3 is 15.2 Å². The minimum Gasteiger partial charge on any atom is -0.321 e. The molecule has 2 heterocycles. The molecule has 1 saturated heterocycles. The maximum Gasteiger partial charge on any atom is 0.263 e. The van der Waals surface area contributed by atoms with Crippen LogP contribution in [0.2, 0.25) is 0 Å². The molecule has 1 aromatic carbocycles. The summed E-state index contributed by atoms with van der Waals surface area (Å²) in [5.74, 6) is 0.0867. The van der Waals surface area contributed by atoms with Crippen molar-refractivity contribution in [3.8, 4) is 0 Å². The second-order valence-corrected chi connectivity index (χ2v) is 9.28. The first-order valence-corrected chi connectivity index (χ1v) is 10.8. The summed E-state index contributed by atoms with van der Waals surface area (Å²) in [6, 6.07) is 9.59. The van der Waals surface area contributed by atoms with Crippen LogP contribution in [0, 0.1) is 12.8 Å². The predicted molar refractivity (Wildman–Crippen MR) is 124 cm³/mol. The maximum absolute atomic E-state index is 13.0. The van der Waals surface area contributed by atoms with E-state index in [0.717, 1.165) is 36.5 Å². The molecule has 1 aliphatic heterocycles. The number of piperidine rings is 1. The number of amides is 1. The van der Waals surface area contributed by atoms with Crippen LogP contribution in [-0.2, 0) is 6.54 Å². The molecule has 0 bridgehead atoms. The number of benzene rings is 1. The van der Waals surface area contributed by atoms with E-state index in [0.29, 0.717) is 23.3 Å². The highest BCUT2D eigenvalue weighted by atomic mass is 35.5. The molecule has 158 valence electrons. The van der Waals surface area contributed by atoms with Crippen molar-refractivity contribution in [1.29, 1.82) is 0 Å². The number of carbonyl (C=O) groups is 1. The third kappa shape index (κ3) is 6.11. The molecule has 29 heavy (non-hydrogen) atoms. The zero-order valence-electron chi connectivity index (χ0n) is 17.2. The number of halogens is 1. The van der Waals surface area contributed by atoms with Gasteiger partial charge >= 0.3 is 0 Å². The van der Waals surface area contributed by atoms with E-state index < -0.39 is 0 Å². The number of thioether (sulfide) groups is 1. The van der Waals surface area contributed by atoms with Crippen molar-refractivity contribution in [2.45, 2.75) is 50.3 Å². The van der Waals surface area contributed by atoms with Gasteiger partial charge in [0.25, 0.3) is 11.5 Å². The lowest BCUT2D eigenvalue weighted by atomic mass is 9.99. The Balaban J connectivity index is 0.00000300. The van der Waals surface area contributed by atoms with E-state index in [1.807, 2.05) is 43.5 Å². The molecule has 0 aliphatic carbocycles. The molecule has 2 aromatic rings. The van der Waals surface area contributed by atoms with Gasteiger partial charge in [0.05, 0.1) is 5.69 Å². The smallest absolute Gasteiger partial charge is 0.263 e.